The lowest BCUT2D eigenvalue weighted by atomic mass is 9.73. The molecule has 0 atom stereocenters. The fraction of sp³-hybridized carbons (Fsp3) is 0.345. The zero-order valence-electron chi connectivity index (χ0n) is 18.8. The van der Waals surface area contributed by atoms with Crippen molar-refractivity contribution in [2.24, 2.45) is 0 Å². The van der Waals surface area contributed by atoms with Crippen LogP contribution in [0.15, 0.2) is 72.8 Å². The maximum Gasteiger partial charge on any atom is 0.147 e. The Kier molecular flexibility index (Phi) is 6.11. The second kappa shape index (κ2) is 9.18. The number of halogens is 2. The third-order valence-electron chi connectivity index (χ3n) is 7.64. The van der Waals surface area contributed by atoms with Crippen LogP contribution in [0.2, 0.25) is 0 Å². The number of carbonyl (C=O) groups is 1. The molecule has 0 N–H and O–H groups in total. The minimum atomic E-state index is -0.280. The summed E-state index contributed by atoms with van der Waals surface area (Å²) in [6, 6.07) is 21.6. The molecule has 0 amide bonds. The summed E-state index contributed by atoms with van der Waals surface area (Å²) in [5.41, 5.74) is 4.28. The number of hydrogen-bond acceptors (Lipinski definition) is 2. The quantitative estimate of drug-likeness (QED) is 0.461. The molecule has 3 aromatic rings. The first-order valence-electron chi connectivity index (χ1n) is 11.9. The van der Waals surface area contributed by atoms with Gasteiger partial charge in [0.15, 0.2) is 0 Å². The number of benzene rings is 3. The summed E-state index contributed by atoms with van der Waals surface area (Å²) < 4.78 is 26.9. The van der Waals surface area contributed by atoms with Gasteiger partial charge in [-0.1, -0.05) is 48.5 Å². The second-order valence-electron chi connectivity index (χ2n) is 9.48. The SMILES string of the molecule is O=C1Cc2ccccc2C12CCN(CCCC(c1ccc(F)cc1)c1ccc(F)cc1)CC2. The minimum absolute atomic E-state index is 0.102. The maximum absolute atomic E-state index is 13.5. The van der Waals surface area contributed by atoms with Crippen molar-refractivity contribution in [1.29, 1.82) is 0 Å². The van der Waals surface area contributed by atoms with Crippen LogP contribution in [0.3, 0.4) is 0 Å². The summed E-state index contributed by atoms with van der Waals surface area (Å²) in [5, 5.41) is 0. The van der Waals surface area contributed by atoms with E-state index in [4.69, 9.17) is 0 Å². The molecule has 0 unspecified atom stereocenters. The zero-order valence-corrected chi connectivity index (χ0v) is 18.8. The molecule has 1 saturated heterocycles. The number of nitrogens with zero attached hydrogens (tertiary/aromatic N) is 1. The molecule has 1 aliphatic heterocycles. The average Bonchev–Trinajstić information content (AvgIpc) is 3.10. The molecule has 0 bridgehead atoms. The smallest absolute Gasteiger partial charge is 0.147 e. The number of likely N-dealkylation sites (tertiary alicyclic amines) is 1. The molecule has 1 heterocycles. The molecular formula is C29H29F2NO. The largest absolute Gasteiger partial charge is 0.303 e. The van der Waals surface area contributed by atoms with E-state index in [0.29, 0.717) is 12.2 Å². The monoisotopic (exact) mass is 445 g/mol. The van der Waals surface area contributed by atoms with Crippen molar-refractivity contribution in [1.82, 2.24) is 4.90 Å². The minimum Gasteiger partial charge on any atom is -0.303 e. The Labute approximate surface area is 194 Å². The van der Waals surface area contributed by atoms with Crippen LogP contribution in [-0.2, 0) is 16.6 Å². The standard InChI is InChI=1S/C29H29F2NO/c30-24-11-7-21(8-12-24)26(22-9-13-25(31)14-10-22)5-3-17-32-18-15-29(16-19-32)27-6-2-1-4-23(27)20-28(29)33/h1-2,4,6-14,26H,3,5,15-20H2. The number of hydrogen-bond donors (Lipinski definition) is 0. The molecule has 5 rings (SSSR count). The van der Waals surface area contributed by atoms with Gasteiger partial charge in [0.2, 0.25) is 0 Å². The van der Waals surface area contributed by atoms with Gasteiger partial charge in [-0.15, -0.1) is 0 Å². The van der Waals surface area contributed by atoms with E-state index in [2.05, 4.69) is 23.1 Å². The molecule has 0 radical (unpaired) electrons. The number of piperidine rings is 1. The number of rotatable bonds is 6. The first-order valence-corrected chi connectivity index (χ1v) is 11.9. The van der Waals surface area contributed by atoms with Crippen LogP contribution in [0.25, 0.3) is 0 Å². The van der Waals surface area contributed by atoms with E-state index in [9.17, 15) is 13.6 Å². The summed E-state index contributed by atoms with van der Waals surface area (Å²) in [4.78, 5) is 15.4. The number of ketones is 1. The molecule has 2 nitrogen and oxygen atoms in total. The number of carbonyl (C=O) groups excluding carboxylic acids is 1. The molecule has 2 aliphatic rings. The molecule has 33 heavy (non-hydrogen) atoms. The predicted molar refractivity (Wildman–Crippen MR) is 126 cm³/mol. The highest BCUT2D eigenvalue weighted by Crippen LogP contribution is 2.44. The van der Waals surface area contributed by atoms with Crippen LogP contribution in [0.1, 0.15) is 53.9 Å². The van der Waals surface area contributed by atoms with Crippen molar-refractivity contribution in [3.63, 3.8) is 0 Å². The lowest BCUT2D eigenvalue weighted by Crippen LogP contribution is -2.45. The summed E-state index contributed by atoms with van der Waals surface area (Å²) in [5.74, 6) is -0.00887. The van der Waals surface area contributed by atoms with Gasteiger partial charge in [-0.3, -0.25) is 4.79 Å². The first kappa shape index (κ1) is 22.0. The Morgan fingerprint density at radius 2 is 1.39 bits per heavy atom. The van der Waals surface area contributed by atoms with Crippen LogP contribution in [-0.4, -0.2) is 30.3 Å². The summed E-state index contributed by atoms with van der Waals surface area (Å²) in [7, 11) is 0. The van der Waals surface area contributed by atoms with Crippen LogP contribution in [0.5, 0.6) is 0 Å². The second-order valence-corrected chi connectivity index (χ2v) is 9.48. The van der Waals surface area contributed by atoms with Crippen molar-refractivity contribution in [2.75, 3.05) is 19.6 Å². The van der Waals surface area contributed by atoms with Gasteiger partial charge in [-0.25, -0.2) is 8.78 Å². The molecule has 1 fully saturated rings. The predicted octanol–water partition coefficient (Wildman–Crippen LogP) is 6.04. The van der Waals surface area contributed by atoms with Crippen LogP contribution in [0.4, 0.5) is 8.78 Å². The van der Waals surface area contributed by atoms with Crippen molar-refractivity contribution in [3.8, 4) is 0 Å². The van der Waals surface area contributed by atoms with E-state index < -0.39 is 0 Å². The van der Waals surface area contributed by atoms with Gasteiger partial charge in [0, 0.05) is 12.3 Å². The van der Waals surface area contributed by atoms with Crippen LogP contribution < -0.4 is 0 Å². The Morgan fingerprint density at radius 1 is 0.818 bits per heavy atom. The highest BCUT2D eigenvalue weighted by molar-refractivity contribution is 5.96. The fourth-order valence-corrected chi connectivity index (χ4v) is 5.78. The van der Waals surface area contributed by atoms with E-state index in [1.165, 1.54) is 35.4 Å². The highest BCUT2D eigenvalue weighted by atomic mass is 19.1. The lowest BCUT2D eigenvalue weighted by Gasteiger charge is -2.39. The molecule has 170 valence electrons. The van der Waals surface area contributed by atoms with Gasteiger partial charge in [0.25, 0.3) is 0 Å². The van der Waals surface area contributed by atoms with Crippen molar-refractivity contribution < 1.29 is 13.6 Å². The number of fused-ring (bicyclic) bond motifs is 2. The average molecular weight is 446 g/mol. The van der Waals surface area contributed by atoms with Gasteiger partial charge < -0.3 is 4.90 Å². The van der Waals surface area contributed by atoms with Crippen molar-refractivity contribution in [3.05, 3.63) is 107 Å². The van der Waals surface area contributed by atoms with Gasteiger partial charge in [-0.05, 0) is 91.8 Å². The lowest BCUT2D eigenvalue weighted by molar-refractivity contribution is -0.124. The van der Waals surface area contributed by atoms with Gasteiger partial charge in [0.1, 0.15) is 17.4 Å². The van der Waals surface area contributed by atoms with E-state index >= 15 is 0 Å². The van der Waals surface area contributed by atoms with E-state index in [-0.39, 0.29) is 23.0 Å². The van der Waals surface area contributed by atoms with Gasteiger partial charge in [-0.2, -0.15) is 0 Å². The summed E-state index contributed by atoms with van der Waals surface area (Å²) in [6.07, 6.45) is 4.25. The molecule has 1 spiro atoms. The number of Topliss-reactive ketones (excluding diaryl/α,β-unsaturated/α-hetero) is 1. The van der Waals surface area contributed by atoms with Crippen LogP contribution >= 0.6 is 0 Å². The topological polar surface area (TPSA) is 20.3 Å². The molecular weight excluding hydrogens is 416 g/mol. The van der Waals surface area contributed by atoms with Crippen molar-refractivity contribution in [2.45, 2.75) is 43.4 Å². The van der Waals surface area contributed by atoms with E-state index in [1.54, 1.807) is 0 Å². The highest BCUT2D eigenvalue weighted by Gasteiger charge is 2.47. The Hall–Kier alpha value is -2.85. The summed E-state index contributed by atoms with van der Waals surface area (Å²) in [6.45, 7) is 2.82. The van der Waals surface area contributed by atoms with Gasteiger partial charge >= 0.3 is 0 Å². The fourth-order valence-electron chi connectivity index (χ4n) is 5.78. The van der Waals surface area contributed by atoms with Crippen LogP contribution in [0, 0.1) is 11.6 Å². The Morgan fingerprint density at radius 3 is 2.00 bits per heavy atom. The summed E-state index contributed by atoms with van der Waals surface area (Å²) >= 11 is 0. The van der Waals surface area contributed by atoms with E-state index in [1.807, 2.05) is 30.3 Å². The maximum atomic E-state index is 13.5. The first-order chi connectivity index (χ1) is 16.0. The third-order valence-corrected chi connectivity index (χ3v) is 7.64. The molecule has 0 saturated carbocycles. The Balaban J connectivity index is 1.22. The zero-order chi connectivity index (χ0) is 22.8. The van der Waals surface area contributed by atoms with Gasteiger partial charge in [0.05, 0.1) is 5.41 Å². The molecule has 1 aliphatic carbocycles. The Bertz CT molecular complexity index is 1070. The molecule has 3 aromatic carbocycles. The molecule has 4 heteroatoms. The van der Waals surface area contributed by atoms with E-state index in [0.717, 1.165) is 56.4 Å². The third kappa shape index (κ3) is 4.37. The normalized spacial score (nSPS) is 17.6. The van der Waals surface area contributed by atoms with Crippen molar-refractivity contribution >= 4 is 5.78 Å². The molecule has 0 aromatic heterocycles.